The summed E-state index contributed by atoms with van der Waals surface area (Å²) in [6.45, 7) is 2.02. The lowest BCUT2D eigenvalue weighted by atomic mass is 10.2. The SMILES string of the molecule is CNC(=O)c1csc(Cc2nc3cc(C)ccc3o2)n1. The van der Waals surface area contributed by atoms with Gasteiger partial charge >= 0.3 is 0 Å². The number of aromatic nitrogens is 2. The second-order valence-electron chi connectivity index (χ2n) is 4.46. The van der Waals surface area contributed by atoms with Crippen LogP contribution in [-0.4, -0.2) is 22.9 Å². The lowest BCUT2D eigenvalue weighted by Gasteiger charge is -1.92. The molecule has 102 valence electrons. The summed E-state index contributed by atoms with van der Waals surface area (Å²) in [4.78, 5) is 20.2. The molecule has 0 atom stereocenters. The molecule has 2 aromatic heterocycles. The van der Waals surface area contributed by atoms with Crippen LogP contribution in [0.3, 0.4) is 0 Å². The average molecular weight is 287 g/mol. The number of carbonyl (C=O) groups excluding carboxylic acids is 1. The summed E-state index contributed by atoms with van der Waals surface area (Å²) in [5.41, 5.74) is 3.20. The van der Waals surface area contributed by atoms with Crippen LogP contribution in [0.15, 0.2) is 28.0 Å². The molecule has 2 heterocycles. The van der Waals surface area contributed by atoms with Crippen LogP contribution in [0.25, 0.3) is 11.1 Å². The average Bonchev–Trinajstić information content (AvgIpc) is 3.04. The van der Waals surface area contributed by atoms with Gasteiger partial charge in [0.1, 0.15) is 16.2 Å². The molecular formula is C14H13N3O2S. The van der Waals surface area contributed by atoms with Crippen LogP contribution < -0.4 is 5.32 Å². The second kappa shape index (κ2) is 5.05. The number of nitrogens with one attached hydrogen (secondary N) is 1. The quantitative estimate of drug-likeness (QED) is 0.804. The fraction of sp³-hybridized carbons (Fsp3) is 0.214. The van der Waals surface area contributed by atoms with E-state index in [-0.39, 0.29) is 5.91 Å². The van der Waals surface area contributed by atoms with Crippen LogP contribution >= 0.6 is 11.3 Å². The zero-order chi connectivity index (χ0) is 14.1. The number of benzene rings is 1. The van der Waals surface area contributed by atoms with Gasteiger partial charge in [0, 0.05) is 12.4 Å². The highest BCUT2D eigenvalue weighted by Gasteiger charge is 2.12. The molecule has 1 N–H and O–H groups in total. The van der Waals surface area contributed by atoms with Gasteiger partial charge < -0.3 is 9.73 Å². The van der Waals surface area contributed by atoms with Crippen molar-refractivity contribution >= 4 is 28.3 Å². The molecule has 0 unspecified atom stereocenters. The largest absolute Gasteiger partial charge is 0.440 e. The van der Waals surface area contributed by atoms with Crippen molar-refractivity contribution in [1.29, 1.82) is 0 Å². The molecule has 0 spiro atoms. The highest BCUT2D eigenvalue weighted by atomic mass is 32.1. The molecule has 3 rings (SSSR count). The van der Waals surface area contributed by atoms with Crippen LogP contribution in [-0.2, 0) is 6.42 Å². The minimum absolute atomic E-state index is 0.180. The van der Waals surface area contributed by atoms with Crippen molar-refractivity contribution in [1.82, 2.24) is 15.3 Å². The Bertz CT molecular complexity index is 776. The fourth-order valence-electron chi connectivity index (χ4n) is 1.91. The molecule has 0 fully saturated rings. The monoisotopic (exact) mass is 287 g/mol. The Hall–Kier alpha value is -2.21. The highest BCUT2D eigenvalue weighted by Crippen LogP contribution is 2.20. The van der Waals surface area contributed by atoms with Gasteiger partial charge in [0.15, 0.2) is 5.58 Å². The number of amides is 1. The van der Waals surface area contributed by atoms with Gasteiger partial charge in [-0.3, -0.25) is 4.79 Å². The molecule has 1 aromatic carbocycles. The summed E-state index contributed by atoms with van der Waals surface area (Å²) in [5, 5.41) is 5.10. The van der Waals surface area contributed by atoms with Crippen molar-refractivity contribution in [3.8, 4) is 0 Å². The molecule has 0 bridgehead atoms. The van der Waals surface area contributed by atoms with E-state index in [1.54, 1.807) is 12.4 Å². The fourth-order valence-corrected chi connectivity index (χ4v) is 2.68. The number of thiazole rings is 1. The van der Waals surface area contributed by atoms with Crippen molar-refractivity contribution in [3.05, 3.63) is 45.7 Å². The number of aryl methyl sites for hydroxylation is 1. The first-order valence-electron chi connectivity index (χ1n) is 6.18. The number of carbonyl (C=O) groups is 1. The van der Waals surface area contributed by atoms with Gasteiger partial charge in [0.25, 0.3) is 5.91 Å². The third-order valence-corrected chi connectivity index (χ3v) is 3.75. The van der Waals surface area contributed by atoms with Gasteiger partial charge in [0.05, 0.1) is 6.42 Å². The number of hydrogen-bond acceptors (Lipinski definition) is 5. The summed E-state index contributed by atoms with van der Waals surface area (Å²) < 4.78 is 5.68. The number of nitrogens with zero attached hydrogens (tertiary/aromatic N) is 2. The number of fused-ring (bicyclic) bond motifs is 1. The van der Waals surface area contributed by atoms with Crippen LogP contribution in [0.2, 0.25) is 0 Å². The van der Waals surface area contributed by atoms with Crippen molar-refractivity contribution < 1.29 is 9.21 Å². The van der Waals surface area contributed by atoms with Gasteiger partial charge in [-0.1, -0.05) is 6.07 Å². The minimum atomic E-state index is -0.180. The van der Waals surface area contributed by atoms with Gasteiger partial charge in [-0.05, 0) is 24.6 Å². The molecule has 5 nitrogen and oxygen atoms in total. The Kier molecular flexibility index (Phi) is 3.23. The Labute approximate surface area is 119 Å². The lowest BCUT2D eigenvalue weighted by Crippen LogP contribution is -2.18. The van der Waals surface area contributed by atoms with E-state index in [0.29, 0.717) is 18.0 Å². The van der Waals surface area contributed by atoms with E-state index >= 15 is 0 Å². The van der Waals surface area contributed by atoms with Gasteiger partial charge in [-0.15, -0.1) is 11.3 Å². The Morgan fingerprint density at radius 1 is 1.40 bits per heavy atom. The Morgan fingerprint density at radius 3 is 3.05 bits per heavy atom. The molecule has 0 saturated carbocycles. The smallest absolute Gasteiger partial charge is 0.270 e. The molecule has 0 aliphatic carbocycles. The Morgan fingerprint density at radius 2 is 2.25 bits per heavy atom. The van der Waals surface area contributed by atoms with E-state index in [1.807, 2.05) is 25.1 Å². The van der Waals surface area contributed by atoms with Crippen LogP contribution in [0.5, 0.6) is 0 Å². The zero-order valence-electron chi connectivity index (χ0n) is 11.1. The van der Waals surface area contributed by atoms with E-state index in [1.165, 1.54) is 11.3 Å². The molecule has 6 heteroatoms. The number of oxazole rings is 1. The maximum Gasteiger partial charge on any atom is 0.270 e. The van der Waals surface area contributed by atoms with Crippen LogP contribution in [0, 0.1) is 6.92 Å². The second-order valence-corrected chi connectivity index (χ2v) is 5.40. The normalized spacial score (nSPS) is 10.9. The molecule has 0 aliphatic heterocycles. The zero-order valence-corrected chi connectivity index (χ0v) is 12.0. The predicted molar refractivity (Wildman–Crippen MR) is 77.1 cm³/mol. The third-order valence-electron chi connectivity index (χ3n) is 2.90. The third kappa shape index (κ3) is 2.42. The summed E-state index contributed by atoms with van der Waals surface area (Å²) in [7, 11) is 1.59. The van der Waals surface area contributed by atoms with Gasteiger partial charge in [0.2, 0.25) is 5.89 Å². The molecule has 3 aromatic rings. The summed E-state index contributed by atoms with van der Waals surface area (Å²) in [6, 6.07) is 5.89. The van der Waals surface area contributed by atoms with E-state index in [0.717, 1.165) is 21.7 Å². The first-order chi connectivity index (χ1) is 9.65. The van der Waals surface area contributed by atoms with E-state index in [9.17, 15) is 4.79 Å². The highest BCUT2D eigenvalue weighted by molar-refractivity contribution is 7.09. The van der Waals surface area contributed by atoms with Gasteiger partial charge in [-0.2, -0.15) is 0 Å². The number of rotatable bonds is 3. The van der Waals surface area contributed by atoms with Crippen molar-refractivity contribution in [2.24, 2.45) is 0 Å². The standard InChI is InChI=1S/C14H13N3O2S/c1-8-3-4-11-9(5-8)16-12(19-11)6-13-17-10(7-20-13)14(18)15-2/h3-5,7H,6H2,1-2H3,(H,15,18). The summed E-state index contributed by atoms with van der Waals surface area (Å²) >= 11 is 1.43. The van der Waals surface area contributed by atoms with E-state index in [2.05, 4.69) is 15.3 Å². The first kappa shape index (κ1) is 12.8. The summed E-state index contributed by atoms with van der Waals surface area (Å²) in [5.74, 6) is 0.434. The van der Waals surface area contributed by atoms with Gasteiger partial charge in [-0.25, -0.2) is 9.97 Å². The first-order valence-corrected chi connectivity index (χ1v) is 7.06. The summed E-state index contributed by atoms with van der Waals surface area (Å²) in [6.07, 6.45) is 0.495. The minimum Gasteiger partial charge on any atom is -0.440 e. The Balaban J connectivity index is 1.85. The van der Waals surface area contributed by atoms with E-state index in [4.69, 9.17) is 4.42 Å². The lowest BCUT2D eigenvalue weighted by molar-refractivity contribution is 0.0958. The molecule has 20 heavy (non-hydrogen) atoms. The van der Waals surface area contributed by atoms with Crippen LogP contribution in [0.4, 0.5) is 0 Å². The number of hydrogen-bond donors (Lipinski definition) is 1. The molecule has 0 saturated heterocycles. The maximum atomic E-state index is 11.5. The van der Waals surface area contributed by atoms with Crippen molar-refractivity contribution in [2.75, 3.05) is 7.05 Å². The van der Waals surface area contributed by atoms with E-state index < -0.39 is 0 Å². The van der Waals surface area contributed by atoms with Crippen molar-refractivity contribution in [3.63, 3.8) is 0 Å². The molecule has 1 amide bonds. The maximum absolute atomic E-state index is 11.5. The van der Waals surface area contributed by atoms with Crippen molar-refractivity contribution in [2.45, 2.75) is 13.3 Å². The predicted octanol–water partition coefficient (Wildman–Crippen LogP) is 2.54. The molecule has 0 radical (unpaired) electrons. The van der Waals surface area contributed by atoms with Crippen LogP contribution in [0.1, 0.15) is 27.0 Å². The molecular weight excluding hydrogens is 274 g/mol. The topological polar surface area (TPSA) is 68.0 Å². The molecule has 0 aliphatic rings.